The molecule has 1 aromatic heterocycles. The number of halogens is 1. The van der Waals surface area contributed by atoms with Gasteiger partial charge in [0.15, 0.2) is 0 Å². The van der Waals surface area contributed by atoms with Gasteiger partial charge in [0.2, 0.25) is 5.43 Å². The Bertz CT molecular complexity index is 1050. The zero-order chi connectivity index (χ0) is 19.1. The van der Waals surface area contributed by atoms with Gasteiger partial charge in [-0.3, -0.25) is 9.69 Å². The first-order valence-electron chi connectivity index (χ1n) is 9.14. The van der Waals surface area contributed by atoms with Gasteiger partial charge in [-0.25, -0.2) is 4.39 Å². The Hall–Kier alpha value is -2.66. The van der Waals surface area contributed by atoms with Crippen LogP contribution in [0.1, 0.15) is 25.2 Å². The van der Waals surface area contributed by atoms with Gasteiger partial charge in [-0.1, -0.05) is 26.0 Å². The summed E-state index contributed by atoms with van der Waals surface area (Å²) in [5.74, 6) is 1.47. The van der Waals surface area contributed by atoms with Crippen molar-refractivity contribution in [1.29, 1.82) is 0 Å². The molecular weight excluding hydrogens is 345 g/mol. The van der Waals surface area contributed by atoms with E-state index in [0.29, 0.717) is 47.0 Å². The summed E-state index contributed by atoms with van der Waals surface area (Å²) in [6.45, 7) is 8.23. The maximum absolute atomic E-state index is 13.3. The molecule has 0 aliphatic carbocycles. The summed E-state index contributed by atoms with van der Waals surface area (Å²) in [4.78, 5) is 15.4. The van der Waals surface area contributed by atoms with E-state index in [0.717, 1.165) is 17.9 Å². The van der Waals surface area contributed by atoms with E-state index < -0.39 is 0 Å². The summed E-state index contributed by atoms with van der Waals surface area (Å²) < 4.78 is 25.2. The molecule has 0 unspecified atom stereocenters. The third-order valence-electron chi connectivity index (χ3n) is 4.84. The fourth-order valence-electron chi connectivity index (χ4n) is 3.70. The molecular formula is C22H22FNO3. The van der Waals surface area contributed by atoms with Crippen molar-refractivity contribution in [2.45, 2.75) is 27.3 Å². The summed E-state index contributed by atoms with van der Waals surface area (Å²) in [7, 11) is 0. The Morgan fingerprint density at radius 2 is 1.89 bits per heavy atom. The van der Waals surface area contributed by atoms with E-state index in [1.165, 1.54) is 12.1 Å². The third kappa shape index (κ3) is 3.23. The van der Waals surface area contributed by atoms with E-state index in [2.05, 4.69) is 18.7 Å². The summed E-state index contributed by atoms with van der Waals surface area (Å²) in [5, 5.41) is 0.522. The molecule has 2 heterocycles. The van der Waals surface area contributed by atoms with Crippen molar-refractivity contribution < 1.29 is 13.5 Å². The number of aryl methyl sites for hydroxylation is 1. The highest BCUT2D eigenvalue weighted by molar-refractivity contribution is 5.86. The normalized spacial score (nSPS) is 14.4. The van der Waals surface area contributed by atoms with E-state index >= 15 is 0 Å². The van der Waals surface area contributed by atoms with Gasteiger partial charge in [0.1, 0.15) is 29.6 Å². The Labute approximate surface area is 157 Å². The second kappa shape index (κ2) is 6.82. The molecule has 0 saturated carbocycles. The van der Waals surface area contributed by atoms with Crippen molar-refractivity contribution in [3.63, 3.8) is 0 Å². The van der Waals surface area contributed by atoms with Gasteiger partial charge in [-0.15, -0.1) is 0 Å². The van der Waals surface area contributed by atoms with Gasteiger partial charge < -0.3 is 9.15 Å². The van der Waals surface area contributed by atoms with E-state index in [1.807, 2.05) is 6.07 Å². The van der Waals surface area contributed by atoms with E-state index in [4.69, 9.17) is 9.15 Å². The first-order valence-corrected chi connectivity index (χ1v) is 9.14. The second-order valence-electron chi connectivity index (χ2n) is 7.47. The maximum Gasteiger partial charge on any atom is 0.200 e. The lowest BCUT2D eigenvalue weighted by atomic mass is 10.0. The van der Waals surface area contributed by atoms with Gasteiger partial charge in [-0.2, -0.15) is 0 Å². The average Bonchev–Trinajstić information content (AvgIpc) is 2.63. The molecule has 0 fully saturated rings. The molecule has 27 heavy (non-hydrogen) atoms. The molecule has 1 aliphatic rings. The topological polar surface area (TPSA) is 42.7 Å². The van der Waals surface area contributed by atoms with Gasteiger partial charge in [-0.05, 0) is 42.7 Å². The Morgan fingerprint density at radius 1 is 1.15 bits per heavy atom. The largest absolute Gasteiger partial charge is 0.478 e. The van der Waals surface area contributed by atoms with Gasteiger partial charge in [0.25, 0.3) is 0 Å². The molecule has 0 spiro atoms. The summed E-state index contributed by atoms with van der Waals surface area (Å²) in [6.07, 6.45) is 0. The Kier molecular flexibility index (Phi) is 4.48. The minimum absolute atomic E-state index is 0.107. The lowest BCUT2D eigenvalue weighted by molar-refractivity contribution is 0.0848. The fourth-order valence-corrected chi connectivity index (χ4v) is 3.70. The zero-order valence-electron chi connectivity index (χ0n) is 15.7. The van der Waals surface area contributed by atoms with Crippen LogP contribution in [0.5, 0.6) is 5.75 Å². The number of rotatable bonds is 3. The zero-order valence-corrected chi connectivity index (χ0v) is 15.7. The maximum atomic E-state index is 13.3. The third-order valence-corrected chi connectivity index (χ3v) is 4.84. The van der Waals surface area contributed by atoms with Gasteiger partial charge >= 0.3 is 0 Å². The summed E-state index contributed by atoms with van der Waals surface area (Å²) in [6, 6.07) is 9.50. The van der Waals surface area contributed by atoms with Crippen molar-refractivity contribution in [3.05, 3.63) is 63.8 Å². The number of nitrogens with zero attached hydrogens (tertiary/aromatic N) is 1. The van der Waals surface area contributed by atoms with E-state index in [1.54, 1.807) is 25.1 Å². The molecule has 4 rings (SSSR count). The predicted molar refractivity (Wildman–Crippen MR) is 103 cm³/mol. The first kappa shape index (κ1) is 17.7. The van der Waals surface area contributed by atoms with Crippen LogP contribution < -0.4 is 10.2 Å². The minimum atomic E-state index is -0.335. The quantitative estimate of drug-likeness (QED) is 0.672. The van der Waals surface area contributed by atoms with Crippen LogP contribution >= 0.6 is 0 Å². The highest BCUT2D eigenvalue weighted by atomic mass is 19.1. The van der Waals surface area contributed by atoms with Crippen molar-refractivity contribution in [3.8, 4) is 16.9 Å². The number of hydrogen-bond acceptors (Lipinski definition) is 4. The van der Waals surface area contributed by atoms with Crippen LogP contribution in [0.4, 0.5) is 4.39 Å². The molecule has 0 radical (unpaired) electrons. The standard InChI is InChI=1S/C22H22FNO3/c1-13(2)10-24-11-18-19(26-12-24)9-8-17-21(25)20(14(3)27-22(17)18)15-4-6-16(23)7-5-15/h4-9,13H,10-12H2,1-3H3. The lowest BCUT2D eigenvalue weighted by Gasteiger charge is -2.30. The molecule has 1 aliphatic heterocycles. The SMILES string of the molecule is Cc1oc2c3c(ccc2c(=O)c1-c1ccc(F)cc1)OCN(CC(C)C)C3. The van der Waals surface area contributed by atoms with Crippen LogP contribution in [-0.2, 0) is 6.54 Å². The van der Waals surface area contributed by atoms with Crippen LogP contribution in [-0.4, -0.2) is 18.2 Å². The molecule has 140 valence electrons. The smallest absolute Gasteiger partial charge is 0.200 e. The predicted octanol–water partition coefficient (Wildman–Crippen LogP) is 4.72. The molecule has 0 atom stereocenters. The molecule has 0 saturated heterocycles. The second-order valence-corrected chi connectivity index (χ2v) is 7.47. The molecule has 0 N–H and O–H groups in total. The number of fused-ring (bicyclic) bond motifs is 3. The highest BCUT2D eigenvalue weighted by Crippen LogP contribution is 2.34. The number of ether oxygens (including phenoxy) is 1. The van der Waals surface area contributed by atoms with Gasteiger partial charge in [0.05, 0.1) is 16.5 Å². The molecule has 2 aromatic carbocycles. The number of hydrogen-bond donors (Lipinski definition) is 0. The van der Waals surface area contributed by atoms with Crippen molar-refractivity contribution in [1.82, 2.24) is 4.90 Å². The minimum Gasteiger partial charge on any atom is -0.478 e. The van der Waals surface area contributed by atoms with Crippen LogP contribution in [0.15, 0.2) is 45.6 Å². The lowest BCUT2D eigenvalue weighted by Crippen LogP contribution is -2.34. The van der Waals surface area contributed by atoms with E-state index in [-0.39, 0.29) is 11.2 Å². The summed E-state index contributed by atoms with van der Waals surface area (Å²) in [5.41, 5.74) is 2.50. The van der Waals surface area contributed by atoms with Crippen molar-refractivity contribution in [2.24, 2.45) is 5.92 Å². The van der Waals surface area contributed by atoms with E-state index in [9.17, 15) is 9.18 Å². The van der Waals surface area contributed by atoms with Crippen LogP contribution in [0, 0.1) is 18.7 Å². The van der Waals surface area contributed by atoms with Crippen molar-refractivity contribution >= 4 is 11.0 Å². The number of benzene rings is 2. The van der Waals surface area contributed by atoms with Crippen molar-refractivity contribution in [2.75, 3.05) is 13.3 Å². The fraction of sp³-hybridized carbons (Fsp3) is 0.318. The Balaban J connectivity index is 1.86. The summed E-state index contributed by atoms with van der Waals surface area (Å²) >= 11 is 0. The molecule has 3 aromatic rings. The van der Waals surface area contributed by atoms with Crippen LogP contribution in [0.25, 0.3) is 22.1 Å². The molecule has 5 heteroatoms. The molecule has 4 nitrogen and oxygen atoms in total. The Morgan fingerprint density at radius 3 is 2.59 bits per heavy atom. The average molecular weight is 367 g/mol. The molecule has 0 bridgehead atoms. The van der Waals surface area contributed by atoms with Gasteiger partial charge in [0, 0.05) is 13.1 Å². The highest BCUT2D eigenvalue weighted by Gasteiger charge is 2.24. The first-order chi connectivity index (χ1) is 12.9. The van der Waals surface area contributed by atoms with Crippen LogP contribution in [0.2, 0.25) is 0 Å². The molecule has 0 amide bonds. The monoisotopic (exact) mass is 367 g/mol. The van der Waals surface area contributed by atoms with Crippen LogP contribution in [0.3, 0.4) is 0 Å².